The van der Waals surface area contributed by atoms with Crippen molar-refractivity contribution in [2.75, 3.05) is 0 Å². The van der Waals surface area contributed by atoms with Crippen LogP contribution in [-0.2, 0) is 17.4 Å². The molecular weight excluding hydrogens is 373 g/mol. The van der Waals surface area contributed by atoms with E-state index in [1.165, 1.54) is 0 Å². The van der Waals surface area contributed by atoms with Crippen molar-refractivity contribution in [3.8, 4) is 5.75 Å². The van der Waals surface area contributed by atoms with E-state index in [1.54, 1.807) is 13.8 Å². The Morgan fingerprint density at radius 1 is 1.11 bits per heavy atom. The summed E-state index contributed by atoms with van der Waals surface area (Å²) in [6.45, 7) is 7.00. The molecule has 0 radical (unpaired) electrons. The Morgan fingerprint density at radius 2 is 1.75 bits per heavy atom. The van der Waals surface area contributed by atoms with Gasteiger partial charge in [-0.25, -0.2) is 9.50 Å². The number of hydrogen-bond donors (Lipinski definition) is 0. The van der Waals surface area contributed by atoms with E-state index < -0.39 is 18.0 Å². The molecule has 0 bridgehead atoms. The van der Waals surface area contributed by atoms with Crippen LogP contribution in [0.4, 0.5) is 13.2 Å². The standard InChI is InChI=1S/C19H19F3N4O2/c1-10-6-5-7-11(2)16(10)28-15(27)9-8-14-12(3)23-18-24-17(19(20,21)22)25-26(18)13(14)4/h5-7H,8-9H2,1-4H3. The third kappa shape index (κ3) is 3.83. The summed E-state index contributed by atoms with van der Waals surface area (Å²) in [6.07, 6.45) is -4.32. The molecule has 0 atom stereocenters. The molecule has 148 valence electrons. The van der Waals surface area contributed by atoms with E-state index in [0.717, 1.165) is 15.6 Å². The van der Waals surface area contributed by atoms with Crippen LogP contribution in [0.5, 0.6) is 5.75 Å². The molecule has 2 heterocycles. The molecule has 2 aromatic heterocycles. The predicted molar refractivity (Wildman–Crippen MR) is 95.1 cm³/mol. The third-order valence-electron chi connectivity index (χ3n) is 4.51. The van der Waals surface area contributed by atoms with E-state index in [1.807, 2.05) is 32.0 Å². The van der Waals surface area contributed by atoms with Gasteiger partial charge in [-0.2, -0.15) is 18.2 Å². The Balaban J connectivity index is 1.81. The SMILES string of the molecule is Cc1cccc(C)c1OC(=O)CCc1c(C)nc2nc(C(F)(F)F)nn2c1C. The Hall–Kier alpha value is -2.97. The van der Waals surface area contributed by atoms with Crippen molar-refractivity contribution in [2.24, 2.45) is 0 Å². The second-order valence-corrected chi connectivity index (χ2v) is 6.60. The van der Waals surface area contributed by atoms with Crippen LogP contribution in [0.1, 0.15) is 40.3 Å². The maximum absolute atomic E-state index is 12.9. The third-order valence-corrected chi connectivity index (χ3v) is 4.51. The van der Waals surface area contributed by atoms with Crippen LogP contribution >= 0.6 is 0 Å². The quantitative estimate of drug-likeness (QED) is 0.497. The first-order chi connectivity index (χ1) is 13.1. The van der Waals surface area contributed by atoms with Gasteiger partial charge in [0.2, 0.25) is 0 Å². The van der Waals surface area contributed by atoms with E-state index in [-0.39, 0.29) is 18.6 Å². The molecular formula is C19H19F3N4O2. The minimum absolute atomic E-state index is 0.0590. The van der Waals surface area contributed by atoms with Gasteiger partial charge < -0.3 is 4.74 Å². The summed E-state index contributed by atoms with van der Waals surface area (Å²) in [6, 6.07) is 5.58. The normalized spacial score (nSPS) is 11.8. The predicted octanol–water partition coefficient (Wildman–Crippen LogP) is 3.91. The van der Waals surface area contributed by atoms with E-state index in [9.17, 15) is 18.0 Å². The molecule has 0 saturated carbocycles. The zero-order chi connectivity index (χ0) is 20.6. The lowest BCUT2D eigenvalue weighted by molar-refractivity contribution is -0.144. The zero-order valence-electron chi connectivity index (χ0n) is 15.9. The molecule has 0 aliphatic carbocycles. The van der Waals surface area contributed by atoms with Gasteiger partial charge in [0, 0.05) is 11.4 Å². The number of hydrogen-bond acceptors (Lipinski definition) is 5. The molecule has 0 N–H and O–H groups in total. The van der Waals surface area contributed by atoms with Gasteiger partial charge >= 0.3 is 12.1 Å². The van der Waals surface area contributed by atoms with Gasteiger partial charge in [-0.05, 0) is 50.8 Å². The number of alkyl halides is 3. The number of carbonyl (C=O) groups excluding carboxylic acids is 1. The first-order valence-corrected chi connectivity index (χ1v) is 8.65. The number of para-hydroxylation sites is 1. The highest BCUT2D eigenvalue weighted by atomic mass is 19.4. The Morgan fingerprint density at radius 3 is 2.36 bits per heavy atom. The molecule has 3 rings (SSSR count). The highest BCUT2D eigenvalue weighted by molar-refractivity contribution is 5.73. The fourth-order valence-corrected chi connectivity index (χ4v) is 3.04. The lowest BCUT2D eigenvalue weighted by Gasteiger charge is -2.12. The number of halogens is 3. The van der Waals surface area contributed by atoms with Crippen LogP contribution in [-0.4, -0.2) is 25.6 Å². The zero-order valence-corrected chi connectivity index (χ0v) is 15.9. The second-order valence-electron chi connectivity index (χ2n) is 6.60. The molecule has 0 amide bonds. The number of carbonyl (C=O) groups is 1. The van der Waals surface area contributed by atoms with Gasteiger partial charge in [-0.3, -0.25) is 4.79 Å². The molecule has 3 aromatic rings. The van der Waals surface area contributed by atoms with Crippen molar-refractivity contribution in [3.05, 3.63) is 52.1 Å². The van der Waals surface area contributed by atoms with Crippen molar-refractivity contribution >= 4 is 11.7 Å². The molecule has 0 aliphatic rings. The topological polar surface area (TPSA) is 69.4 Å². The van der Waals surface area contributed by atoms with Crippen molar-refractivity contribution in [2.45, 2.75) is 46.7 Å². The van der Waals surface area contributed by atoms with E-state index in [2.05, 4.69) is 15.1 Å². The van der Waals surface area contributed by atoms with E-state index in [4.69, 9.17) is 4.74 Å². The Labute approximate surface area is 159 Å². The van der Waals surface area contributed by atoms with Gasteiger partial charge in [-0.1, -0.05) is 18.2 Å². The Kier molecular flexibility index (Phi) is 5.10. The lowest BCUT2D eigenvalue weighted by atomic mass is 10.1. The van der Waals surface area contributed by atoms with Crippen LogP contribution in [0, 0.1) is 27.7 Å². The van der Waals surface area contributed by atoms with Gasteiger partial charge in [0.15, 0.2) is 0 Å². The minimum Gasteiger partial charge on any atom is -0.426 e. The fraction of sp³-hybridized carbons (Fsp3) is 0.368. The van der Waals surface area contributed by atoms with Crippen molar-refractivity contribution in [1.82, 2.24) is 19.6 Å². The summed E-state index contributed by atoms with van der Waals surface area (Å²) in [5.41, 5.74) is 3.32. The summed E-state index contributed by atoms with van der Waals surface area (Å²) in [4.78, 5) is 19.8. The van der Waals surface area contributed by atoms with E-state index >= 15 is 0 Å². The number of aryl methyl sites for hydroxylation is 4. The molecule has 0 spiro atoms. The number of nitrogens with zero attached hydrogens (tertiary/aromatic N) is 4. The molecule has 9 heteroatoms. The summed E-state index contributed by atoms with van der Waals surface area (Å²) < 4.78 is 45.1. The lowest BCUT2D eigenvalue weighted by Crippen LogP contribution is -2.13. The monoisotopic (exact) mass is 392 g/mol. The smallest absolute Gasteiger partial charge is 0.426 e. The molecule has 0 unspecified atom stereocenters. The van der Waals surface area contributed by atoms with Crippen LogP contribution in [0.3, 0.4) is 0 Å². The molecule has 6 nitrogen and oxygen atoms in total. The minimum atomic E-state index is -4.65. The van der Waals surface area contributed by atoms with Crippen molar-refractivity contribution in [1.29, 1.82) is 0 Å². The van der Waals surface area contributed by atoms with Crippen LogP contribution in [0.2, 0.25) is 0 Å². The number of rotatable bonds is 4. The molecule has 0 aliphatic heterocycles. The number of esters is 1. The van der Waals surface area contributed by atoms with Crippen molar-refractivity contribution < 1.29 is 22.7 Å². The van der Waals surface area contributed by atoms with E-state index in [0.29, 0.717) is 22.7 Å². The first kappa shape index (κ1) is 19.8. The van der Waals surface area contributed by atoms with Crippen LogP contribution in [0.15, 0.2) is 18.2 Å². The largest absolute Gasteiger partial charge is 0.453 e. The number of fused-ring (bicyclic) bond motifs is 1. The highest BCUT2D eigenvalue weighted by Crippen LogP contribution is 2.27. The molecule has 1 aromatic carbocycles. The van der Waals surface area contributed by atoms with Gasteiger partial charge in [0.1, 0.15) is 5.75 Å². The molecule has 0 fully saturated rings. The maximum Gasteiger partial charge on any atom is 0.453 e. The van der Waals surface area contributed by atoms with Crippen molar-refractivity contribution in [3.63, 3.8) is 0 Å². The van der Waals surface area contributed by atoms with Gasteiger partial charge in [0.05, 0.1) is 6.42 Å². The fourth-order valence-electron chi connectivity index (χ4n) is 3.04. The van der Waals surface area contributed by atoms with Gasteiger partial charge in [0.25, 0.3) is 11.6 Å². The first-order valence-electron chi connectivity index (χ1n) is 8.65. The second kappa shape index (κ2) is 7.21. The average molecular weight is 392 g/mol. The van der Waals surface area contributed by atoms with Crippen LogP contribution in [0.25, 0.3) is 5.78 Å². The molecule has 28 heavy (non-hydrogen) atoms. The Bertz CT molecular complexity index is 1040. The highest BCUT2D eigenvalue weighted by Gasteiger charge is 2.37. The average Bonchev–Trinajstić information content (AvgIpc) is 3.02. The number of aromatic nitrogens is 4. The summed E-state index contributed by atoms with van der Waals surface area (Å²) >= 11 is 0. The maximum atomic E-state index is 12.9. The summed E-state index contributed by atoms with van der Waals surface area (Å²) in [7, 11) is 0. The summed E-state index contributed by atoms with van der Waals surface area (Å²) in [5.74, 6) is -1.26. The number of benzene rings is 1. The summed E-state index contributed by atoms with van der Waals surface area (Å²) in [5, 5.41) is 3.51. The number of ether oxygens (including phenoxy) is 1. The van der Waals surface area contributed by atoms with Crippen LogP contribution < -0.4 is 4.74 Å². The molecule has 0 saturated heterocycles. The van der Waals surface area contributed by atoms with Gasteiger partial charge in [-0.15, -0.1) is 5.10 Å².